The molecule has 0 saturated heterocycles. The van der Waals surface area contributed by atoms with Gasteiger partial charge in [-0.15, -0.1) is 0 Å². The second-order valence-corrected chi connectivity index (χ2v) is 11.6. The van der Waals surface area contributed by atoms with Crippen LogP contribution in [0.1, 0.15) is 0 Å². The Morgan fingerprint density at radius 3 is 2.09 bits per heavy atom. The summed E-state index contributed by atoms with van der Waals surface area (Å²) in [6.45, 7) is 0. The summed E-state index contributed by atoms with van der Waals surface area (Å²) in [5.74, 6) is 0. The van der Waals surface area contributed by atoms with Gasteiger partial charge in [0.05, 0.1) is 5.69 Å². The fourth-order valence-corrected chi connectivity index (χ4v) is 6.71. The van der Waals surface area contributed by atoms with Crippen molar-refractivity contribution in [2.75, 3.05) is 4.90 Å². The number of hydrogen-bond acceptors (Lipinski definition) is 3. The molecule has 46 heavy (non-hydrogen) atoms. The van der Waals surface area contributed by atoms with Crippen LogP contribution in [0.4, 0.5) is 17.1 Å². The minimum atomic E-state index is 0.658. The van der Waals surface area contributed by atoms with E-state index in [0.717, 1.165) is 44.2 Å². The molecule has 0 aliphatic carbocycles. The van der Waals surface area contributed by atoms with Gasteiger partial charge < -0.3 is 9.32 Å². The topological polar surface area (TPSA) is 29.3 Å². The van der Waals surface area contributed by atoms with Crippen molar-refractivity contribution in [2.45, 2.75) is 0 Å². The number of benzene rings is 7. The summed E-state index contributed by atoms with van der Waals surface area (Å²) in [6, 6.07) is 58.3. The lowest BCUT2D eigenvalue weighted by Gasteiger charge is -2.27. The first kappa shape index (κ1) is 26.2. The van der Waals surface area contributed by atoms with Crippen LogP contribution in [0.15, 0.2) is 174 Å². The molecule has 0 unspecified atom stereocenters. The van der Waals surface area contributed by atoms with Crippen LogP contribution >= 0.6 is 0 Å². The monoisotopic (exact) mass is 588 g/mol. The molecule has 0 radical (unpaired) electrons. The molecule has 7 aromatic carbocycles. The smallest absolute Gasteiger partial charge is 0.227 e. The average molecular weight is 589 g/mol. The summed E-state index contributed by atoms with van der Waals surface area (Å²) >= 11 is 0. The van der Waals surface area contributed by atoms with Crippen LogP contribution in [0.5, 0.6) is 0 Å². The minimum Gasteiger partial charge on any atom is -0.438 e. The molecule has 0 spiro atoms. The molecule has 2 aromatic heterocycles. The molecule has 216 valence electrons. The van der Waals surface area contributed by atoms with Gasteiger partial charge in [-0.3, -0.25) is 0 Å². The first-order valence-electron chi connectivity index (χ1n) is 15.5. The molecule has 2 heterocycles. The zero-order chi connectivity index (χ0) is 30.5. The zero-order valence-electron chi connectivity index (χ0n) is 25.0. The number of fused-ring (bicyclic) bond motifs is 5. The van der Waals surface area contributed by atoms with E-state index in [1.54, 1.807) is 6.20 Å². The van der Waals surface area contributed by atoms with Gasteiger partial charge in [0.2, 0.25) is 5.71 Å². The van der Waals surface area contributed by atoms with E-state index >= 15 is 0 Å². The van der Waals surface area contributed by atoms with E-state index < -0.39 is 0 Å². The van der Waals surface area contributed by atoms with Gasteiger partial charge in [-0.05, 0) is 93.0 Å². The summed E-state index contributed by atoms with van der Waals surface area (Å²) in [6.07, 6.45) is 1.78. The van der Waals surface area contributed by atoms with E-state index in [9.17, 15) is 0 Å². The van der Waals surface area contributed by atoms with Crippen molar-refractivity contribution < 1.29 is 4.42 Å². The predicted molar refractivity (Wildman–Crippen MR) is 192 cm³/mol. The van der Waals surface area contributed by atoms with Gasteiger partial charge in [0.25, 0.3) is 0 Å². The van der Waals surface area contributed by atoms with Crippen LogP contribution in [-0.2, 0) is 0 Å². The largest absolute Gasteiger partial charge is 0.438 e. The Balaban J connectivity index is 1.24. The summed E-state index contributed by atoms with van der Waals surface area (Å²) in [7, 11) is 0. The third-order valence-corrected chi connectivity index (χ3v) is 8.90. The van der Waals surface area contributed by atoms with E-state index in [2.05, 4.69) is 168 Å². The lowest BCUT2D eigenvalue weighted by molar-refractivity contribution is 0.654. The Hall–Kier alpha value is -6.19. The SMILES string of the molecule is c1ccc(-c2cccc(N(c3ccc(-c4cccc5ccccc45)cc3)c3cccc4cc5c(cc34)oc3ncccc35)c2)cc1. The highest BCUT2D eigenvalue weighted by molar-refractivity contribution is 6.12. The zero-order valence-corrected chi connectivity index (χ0v) is 25.0. The maximum atomic E-state index is 6.25. The van der Waals surface area contributed by atoms with Crippen molar-refractivity contribution in [1.29, 1.82) is 0 Å². The van der Waals surface area contributed by atoms with Gasteiger partial charge in [0, 0.05) is 33.7 Å². The summed E-state index contributed by atoms with van der Waals surface area (Å²) < 4.78 is 6.25. The van der Waals surface area contributed by atoms with Gasteiger partial charge in [0.15, 0.2) is 0 Å². The van der Waals surface area contributed by atoms with E-state index in [0.29, 0.717) is 5.71 Å². The second-order valence-electron chi connectivity index (χ2n) is 11.6. The van der Waals surface area contributed by atoms with E-state index in [-0.39, 0.29) is 0 Å². The Bertz CT molecular complexity index is 2530. The maximum Gasteiger partial charge on any atom is 0.227 e. The lowest BCUT2D eigenvalue weighted by Crippen LogP contribution is -2.10. The fraction of sp³-hybridized carbons (Fsp3) is 0. The lowest BCUT2D eigenvalue weighted by atomic mass is 9.97. The fourth-order valence-electron chi connectivity index (χ4n) is 6.71. The molecule has 3 nitrogen and oxygen atoms in total. The van der Waals surface area contributed by atoms with Gasteiger partial charge in [-0.2, -0.15) is 0 Å². The maximum absolute atomic E-state index is 6.25. The molecule has 0 aliphatic heterocycles. The quantitative estimate of drug-likeness (QED) is 0.200. The summed E-state index contributed by atoms with van der Waals surface area (Å²) in [4.78, 5) is 6.83. The van der Waals surface area contributed by atoms with Crippen LogP contribution in [-0.4, -0.2) is 4.98 Å². The molecule has 3 heteroatoms. The van der Waals surface area contributed by atoms with Gasteiger partial charge in [0.1, 0.15) is 5.58 Å². The molecule has 0 aliphatic rings. The molecular weight excluding hydrogens is 560 g/mol. The molecule has 0 atom stereocenters. The molecule has 0 fully saturated rings. The Kier molecular flexibility index (Phi) is 6.14. The number of anilines is 3. The Labute approximate surface area is 266 Å². The van der Waals surface area contributed by atoms with Crippen molar-refractivity contribution in [3.63, 3.8) is 0 Å². The van der Waals surface area contributed by atoms with Crippen LogP contribution < -0.4 is 4.90 Å². The molecule has 0 N–H and O–H groups in total. The molecule has 0 bridgehead atoms. The van der Waals surface area contributed by atoms with Crippen molar-refractivity contribution in [3.05, 3.63) is 170 Å². The van der Waals surface area contributed by atoms with E-state index in [4.69, 9.17) is 4.42 Å². The predicted octanol–water partition coefficient (Wildman–Crippen LogP) is 12.1. The molecular formula is C43H28N2O. The minimum absolute atomic E-state index is 0.658. The highest BCUT2D eigenvalue weighted by Crippen LogP contribution is 2.43. The van der Waals surface area contributed by atoms with Crippen LogP contribution in [0, 0.1) is 0 Å². The van der Waals surface area contributed by atoms with Gasteiger partial charge in [-0.1, -0.05) is 109 Å². The molecule has 0 amide bonds. The van der Waals surface area contributed by atoms with Gasteiger partial charge >= 0.3 is 0 Å². The average Bonchev–Trinajstić information content (AvgIpc) is 3.49. The first-order chi connectivity index (χ1) is 22.8. The van der Waals surface area contributed by atoms with Crippen LogP contribution in [0.2, 0.25) is 0 Å². The first-order valence-corrected chi connectivity index (χ1v) is 15.5. The third kappa shape index (κ3) is 4.41. The number of pyridine rings is 1. The normalized spacial score (nSPS) is 11.5. The highest BCUT2D eigenvalue weighted by atomic mass is 16.3. The summed E-state index contributed by atoms with van der Waals surface area (Å²) in [5.41, 5.74) is 9.50. The van der Waals surface area contributed by atoms with Crippen molar-refractivity contribution in [2.24, 2.45) is 0 Å². The molecule has 9 aromatic rings. The van der Waals surface area contributed by atoms with Crippen molar-refractivity contribution >= 4 is 60.7 Å². The summed E-state index contributed by atoms with van der Waals surface area (Å²) in [5, 5.41) is 6.85. The third-order valence-electron chi connectivity index (χ3n) is 8.90. The van der Waals surface area contributed by atoms with Crippen molar-refractivity contribution in [3.8, 4) is 22.3 Å². The van der Waals surface area contributed by atoms with E-state index in [1.165, 1.54) is 33.0 Å². The standard InChI is InChI=1S/C43H28N2O/c1-2-10-29(11-3-1)32-14-6-16-35(26-32)45(34-23-21-31(22-24-34)37-18-7-13-30-12-4-5-17-36(30)37)41-20-8-15-33-27-40-38-19-9-25-44-43(38)46-42(40)28-39(33)41/h1-28H. The Morgan fingerprint density at radius 2 is 1.17 bits per heavy atom. The molecule has 0 saturated carbocycles. The number of nitrogens with zero attached hydrogens (tertiary/aromatic N) is 2. The number of aromatic nitrogens is 1. The van der Waals surface area contributed by atoms with Crippen LogP contribution in [0.25, 0.3) is 65.9 Å². The number of furan rings is 1. The second kappa shape index (κ2) is 10.8. The van der Waals surface area contributed by atoms with Crippen molar-refractivity contribution in [1.82, 2.24) is 4.98 Å². The van der Waals surface area contributed by atoms with E-state index in [1.807, 2.05) is 6.07 Å². The molecule has 9 rings (SSSR count). The number of hydrogen-bond donors (Lipinski definition) is 0. The van der Waals surface area contributed by atoms with Crippen LogP contribution in [0.3, 0.4) is 0 Å². The number of rotatable bonds is 5. The Morgan fingerprint density at radius 1 is 0.435 bits per heavy atom. The van der Waals surface area contributed by atoms with Gasteiger partial charge in [-0.25, -0.2) is 4.98 Å². The highest BCUT2D eigenvalue weighted by Gasteiger charge is 2.18.